The predicted octanol–water partition coefficient (Wildman–Crippen LogP) is 3.39. The van der Waals surface area contributed by atoms with Gasteiger partial charge in [0, 0.05) is 30.2 Å². The summed E-state index contributed by atoms with van der Waals surface area (Å²) < 4.78 is 27.1. The van der Waals surface area contributed by atoms with Gasteiger partial charge in [0.15, 0.2) is 15.7 Å². The van der Waals surface area contributed by atoms with E-state index in [9.17, 15) is 18.5 Å². The molecule has 0 radical (unpaired) electrons. The highest BCUT2D eigenvalue weighted by Gasteiger charge is 2.29. The number of nitriles is 1. The molecule has 0 spiro atoms. The van der Waals surface area contributed by atoms with Crippen LogP contribution in [0.1, 0.15) is 47.8 Å². The summed E-state index contributed by atoms with van der Waals surface area (Å²) in [5.41, 5.74) is 7.06. The molecule has 0 bridgehead atoms. The number of aryl methyl sites for hydroxylation is 1. The first-order chi connectivity index (χ1) is 16.4. The fourth-order valence-electron chi connectivity index (χ4n) is 4.20. The molecule has 1 aromatic carbocycles. The van der Waals surface area contributed by atoms with Crippen LogP contribution in [0.15, 0.2) is 59.8 Å². The van der Waals surface area contributed by atoms with Crippen molar-refractivity contribution in [2.45, 2.75) is 43.0 Å². The van der Waals surface area contributed by atoms with Gasteiger partial charge in [0.25, 0.3) is 5.91 Å². The first-order valence-corrected chi connectivity index (χ1v) is 12.8. The fraction of sp³-hybridized carbons (Fsp3) is 0.333. The summed E-state index contributed by atoms with van der Waals surface area (Å²) in [6.07, 6.45) is 7.15. The van der Waals surface area contributed by atoms with E-state index in [0.717, 1.165) is 31.4 Å². The Labute approximate surface area is 198 Å². The van der Waals surface area contributed by atoms with Gasteiger partial charge in [-0.2, -0.15) is 10.4 Å². The number of anilines is 2. The van der Waals surface area contributed by atoms with Crippen LogP contribution in [0.5, 0.6) is 0 Å². The van der Waals surface area contributed by atoms with Gasteiger partial charge >= 0.3 is 0 Å². The highest BCUT2D eigenvalue weighted by atomic mass is 32.2. The van der Waals surface area contributed by atoms with Crippen LogP contribution >= 0.6 is 0 Å². The Hall–Kier alpha value is -3.71. The van der Waals surface area contributed by atoms with E-state index in [-0.39, 0.29) is 34.0 Å². The van der Waals surface area contributed by atoms with E-state index in [1.807, 2.05) is 6.07 Å². The number of hydrogen-bond donors (Lipinski definition) is 2. The Kier molecular flexibility index (Phi) is 6.93. The average molecular weight is 479 g/mol. The standard InChI is InChI=1S/C24H26N6O3S/c25-15-17-5-1-2-7-22(17)30-16-21(23(26)31)24(29-30)28-19-8-10-20(11-9-19)34(32,33)14-12-18-6-3-4-13-27-18/h3-4,6,8-11,13,16-17,22H,1-2,5,7,12,14H2,(H2,26,31)(H,28,29)/t17-,22+/m1/s1. The van der Waals surface area contributed by atoms with E-state index in [1.54, 1.807) is 41.3 Å². The lowest BCUT2D eigenvalue weighted by Crippen LogP contribution is -2.22. The number of pyridine rings is 1. The molecule has 0 saturated heterocycles. The van der Waals surface area contributed by atoms with Gasteiger partial charge in [-0.15, -0.1) is 0 Å². The predicted molar refractivity (Wildman–Crippen MR) is 127 cm³/mol. The molecule has 2 heterocycles. The van der Waals surface area contributed by atoms with E-state index in [2.05, 4.69) is 21.5 Å². The van der Waals surface area contributed by atoms with E-state index < -0.39 is 15.7 Å². The van der Waals surface area contributed by atoms with Crippen LogP contribution in [0.25, 0.3) is 0 Å². The van der Waals surface area contributed by atoms with Crippen LogP contribution in [0, 0.1) is 17.2 Å². The third-order valence-corrected chi connectivity index (χ3v) is 7.79. The number of benzene rings is 1. The number of primary amides is 1. The number of carbonyl (C=O) groups is 1. The van der Waals surface area contributed by atoms with E-state index in [0.29, 0.717) is 12.1 Å². The minimum absolute atomic E-state index is 0.0472. The molecule has 176 valence electrons. The summed E-state index contributed by atoms with van der Waals surface area (Å²) in [7, 11) is -3.48. The molecule has 1 amide bonds. The third-order valence-electron chi connectivity index (χ3n) is 6.06. The number of aromatic nitrogens is 3. The molecule has 1 fully saturated rings. The van der Waals surface area contributed by atoms with E-state index in [4.69, 9.17) is 5.73 Å². The van der Waals surface area contributed by atoms with Crippen molar-refractivity contribution in [1.82, 2.24) is 14.8 Å². The highest BCUT2D eigenvalue weighted by molar-refractivity contribution is 7.91. The maximum Gasteiger partial charge on any atom is 0.254 e. The average Bonchev–Trinajstić information content (AvgIpc) is 3.28. The lowest BCUT2D eigenvalue weighted by molar-refractivity contribution is 0.100. The fourth-order valence-corrected chi connectivity index (χ4v) is 5.46. The van der Waals surface area contributed by atoms with Crippen molar-refractivity contribution < 1.29 is 13.2 Å². The van der Waals surface area contributed by atoms with Gasteiger partial charge in [0.05, 0.1) is 28.7 Å². The van der Waals surface area contributed by atoms with Gasteiger partial charge in [-0.05, 0) is 49.2 Å². The Bertz CT molecular complexity index is 1300. The molecule has 9 nitrogen and oxygen atoms in total. The molecule has 2 aromatic heterocycles. The lowest BCUT2D eigenvalue weighted by atomic mass is 9.85. The lowest BCUT2D eigenvalue weighted by Gasteiger charge is -2.26. The SMILES string of the molecule is N#C[C@H]1CCCC[C@@H]1n1cc(C(N)=O)c(Nc2ccc(S(=O)(=O)CCc3ccccn3)cc2)n1. The Morgan fingerprint density at radius 3 is 2.62 bits per heavy atom. The van der Waals surface area contributed by atoms with Crippen molar-refractivity contribution in [2.24, 2.45) is 11.7 Å². The van der Waals surface area contributed by atoms with Gasteiger partial charge in [0.1, 0.15) is 5.56 Å². The normalized spacial score (nSPS) is 18.2. The summed E-state index contributed by atoms with van der Waals surface area (Å²) in [6.45, 7) is 0. The number of hydrogen-bond acceptors (Lipinski definition) is 7. The van der Waals surface area contributed by atoms with Crippen LogP contribution in [-0.4, -0.2) is 34.8 Å². The topological polar surface area (TPSA) is 144 Å². The molecular formula is C24H26N6O3S. The number of carbonyl (C=O) groups excluding carboxylic acids is 1. The minimum Gasteiger partial charge on any atom is -0.365 e. The smallest absolute Gasteiger partial charge is 0.254 e. The largest absolute Gasteiger partial charge is 0.365 e. The summed E-state index contributed by atoms with van der Waals surface area (Å²) in [5.74, 6) is -0.570. The minimum atomic E-state index is -3.48. The van der Waals surface area contributed by atoms with E-state index in [1.165, 1.54) is 12.1 Å². The second-order valence-corrected chi connectivity index (χ2v) is 10.5. The van der Waals surface area contributed by atoms with Crippen LogP contribution in [-0.2, 0) is 16.3 Å². The van der Waals surface area contributed by atoms with Crippen LogP contribution in [0.2, 0.25) is 0 Å². The maximum absolute atomic E-state index is 12.7. The summed E-state index contributed by atoms with van der Waals surface area (Å²) >= 11 is 0. The van der Waals surface area contributed by atoms with Gasteiger partial charge in [-0.1, -0.05) is 18.9 Å². The van der Waals surface area contributed by atoms with Crippen molar-refractivity contribution in [3.05, 3.63) is 66.1 Å². The zero-order valence-electron chi connectivity index (χ0n) is 18.6. The molecule has 3 N–H and O–H groups in total. The molecular weight excluding hydrogens is 452 g/mol. The highest BCUT2D eigenvalue weighted by Crippen LogP contribution is 2.34. The van der Waals surface area contributed by atoms with Crippen LogP contribution in [0.4, 0.5) is 11.5 Å². The monoisotopic (exact) mass is 478 g/mol. The molecule has 1 aliphatic carbocycles. The number of amides is 1. The first kappa shape index (κ1) is 23.4. The van der Waals surface area contributed by atoms with Crippen LogP contribution < -0.4 is 11.1 Å². The molecule has 0 aliphatic heterocycles. The number of nitrogens with two attached hydrogens (primary N) is 1. The quantitative estimate of drug-likeness (QED) is 0.505. The molecule has 34 heavy (non-hydrogen) atoms. The van der Waals surface area contributed by atoms with Crippen molar-refractivity contribution in [3.8, 4) is 6.07 Å². The number of nitrogens with one attached hydrogen (secondary N) is 1. The molecule has 3 aromatic rings. The Morgan fingerprint density at radius 1 is 1.18 bits per heavy atom. The number of nitrogens with zero attached hydrogens (tertiary/aromatic N) is 4. The third kappa shape index (κ3) is 5.26. The summed E-state index contributed by atoms with van der Waals surface area (Å²) in [5, 5.41) is 17.1. The Morgan fingerprint density at radius 2 is 1.94 bits per heavy atom. The zero-order valence-corrected chi connectivity index (χ0v) is 19.4. The van der Waals surface area contributed by atoms with Gasteiger partial charge in [0.2, 0.25) is 0 Å². The summed E-state index contributed by atoms with van der Waals surface area (Å²) in [6, 6.07) is 13.9. The first-order valence-electron chi connectivity index (χ1n) is 11.2. The molecule has 1 aliphatic rings. The molecule has 0 unspecified atom stereocenters. The van der Waals surface area contributed by atoms with Crippen molar-refractivity contribution >= 4 is 27.2 Å². The van der Waals surface area contributed by atoms with Gasteiger partial charge in [-0.25, -0.2) is 8.42 Å². The second kappa shape index (κ2) is 10.1. The molecule has 2 atom stereocenters. The number of sulfone groups is 1. The van der Waals surface area contributed by atoms with Gasteiger partial charge in [-0.3, -0.25) is 14.5 Å². The summed E-state index contributed by atoms with van der Waals surface area (Å²) in [4.78, 5) is 16.4. The maximum atomic E-state index is 12.7. The number of rotatable bonds is 8. The van der Waals surface area contributed by atoms with Crippen molar-refractivity contribution in [2.75, 3.05) is 11.1 Å². The van der Waals surface area contributed by atoms with Crippen molar-refractivity contribution in [3.63, 3.8) is 0 Å². The molecule has 1 saturated carbocycles. The van der Waals surface area contributed by atoms with Crippen LogP contribution in [0.3, 0.4) is 0 Å². The second-order valence-electron chi connectivity index (χ2n) is 8.36. The van der Waals surface area contributed by atoms with Gasteiger partial charge < -0.3 is 11.1 Å². The van der Waals surface area contributed by atoms with Crippen molar-refractivity contribution in [1.29, 1.82) is 5.26 Å². The molecule has 4 rings (SSSR count). The zero-order chi connectivity index (χ0) is 24.1. The molecule has 10 heteroatoms. The van der Waals surface area contributed by atoms with E-state index >= 15 is 0 Å². The Balaban J connectivity index is 1.50.